The highest BCUT2D eigenvalue weighted by molar-refractivity contribution is 8.26. The highest BCUT2D eigenvalue weighted by Gasteiger charge is 2.29. The van der Waals surface area contributed by atoms with Crippen molar-refractivity contribution in [3.63, 3.8) is 0 Å². The number of rotatable bonds is 3. The average Bonchev–Trinajstić information content (AvgIpc) is 2.67. The third-order valence-corrected chi connectivity index (χ3v) is 3.88. The quantitative estimate of drug-likeness (QED) is 0.397. The normalized spacial score (nSPS) is 17.2. The monoisotopic (exact) mass is 296 g/mol. The van der Waals surface area contributed by atoms with Gasteiger partial charge in [0, 0.05) is 11.6 Å². The van der Waals surface area contributed by atoms with Gasteiger partial charge < -0.3 is 9.47 Å². The Morgan fingerprint density at radius 1 is 1.37 bits per heavy atom. The van der Waals surface area contributed by atoms with Crippen molar-refractivity contribution in [2.24, 2.45) is 5.84 Å². The summed E-state index contributed by atoms with van der Waals surface area (Å²) < 4.78 is 10.7. The Kier molecular flexibility index (Phi) is 4.08. The Morgan fingerprint density at radius 3 is 2.63 bits per heavy atom. The molecule has 0 atom stereocenters. The van der Waals surface area contributed by atoms with Gasteiger partial charge in [-0.15, -0.1) is 0 Å². The van der Waals surface area contributed by atoms with E-state index in [0.717, 1.165) is 22.3 Å². The largest absolute Gasteiger partial charge is 0.497 e. The number of hydrogen-bond donors (Lipinski definition) is 1. The van der Waals surface area contributed by atoms with Crippen molar-refractivity contribution >= 4 is 40.3 Å². The summed E-state index contributed by atoms with van der Waals surface area (Å²) in [5, 5.41) is 0.960. The smallest absolute Gasteiger partial charge is 0.280 e. The number of ether oxygens (including phenoxy) is 2. The molecule has 0 spiro atoms. The van der Waals surface area contributed by atoms with E-state index in [1.54, 1.807) is 38.5 Å². The second-order valence-electron chi connectivity index (χ2n) is 3.66. The van der Waals surface area contributed by atoms with Gasteiger partial charge >= 0.3 is 0 Å². The number of carbonyl (C=O) groups excluding carboxylic acids is 1. The number of hydrazine groups is 1. The number of nitrogens with zero attached hydrogens (tertiary/aromatic N) is 1. The lowest BCUT2D eigenvalue weighted by atomic mass is 10.1. The summed E-state index contributed by atoms with van der Waals surface area (Å²) in [6.45, 7) is 0. The number of hydrogen-bond acceptors (Lipinski definition) is 6. The minimum absolute atomic E-state index is 0.312. The molecule has 1 fully saturated rings. The lowest BCUT2D eigenvalue weighted by molar-refractivity contribution is -0.122. The van der Waals surface area contributed by atoms with Gasteiger partial charge in [0.05, 0.1) is 19.1 Å². The lowest BCUT2D eigenvalue weighted by Gasteiger charge is -2.07. The summed E-state index contributed by atoms with van der Waals surface area (Å²) in [5.74, 6) is 6.49. The van der Waals surface area contributed by atoms with Crippen molar-refractivity contribution in [1.29, 1.82) is 0 Å². The highest BCUT2D eigenvalue weighted by Crippen LogP contribution is 2.33. The fourth-order valence-corrected chi connectivity index (χ4v) is 2.65. The highest BCUT2D eigenvalue weighted by atomic mass is 32.2. The van der Waals surface area contributed by atoms with Gasteiger partial charge in [-0.05, 0) is 18.2 Å². The minimum Gasteiger partial charge on any atom is -0.497 e. The van der Waals surface area contributed by atoms with Crippen LogP contribution in [0.2, 0.25) is 0 Å². The average molecular weight is 296 g/mol. The Bertz CT molecular complexity index is 572. The molecule has 0 aliphatic carbocycles. The molecule has 0 saturated carbocycles. The standard InChI is InChI=1S/C12H12N2O3S2/c1-16-8-4-3-7(9(6-8)17-2)5-10-11(15)14(13)12(18)19-10/h3-6H,13H2,1-2H3/b10-5-. The van der Waals surface area contributed by atoms with E-state index in [-0.39, 0.29) is 5.91 Å². The molecule has 1 aliphatic heterocycles. The van der Waals surface area contributed by atoms with Crippen LogP contribution in [0.15, 0.2) is 23.1 Å². The minimum atomic E-state index is -0.312. The van der Waals surface area contributed by atoms with Crippen molar-refractivity contribution < 1.29 is 14.3 Å². The van der Waals surface area contributed by atoms with Crippen LogP contribution in [-0.2, 0) is 4.79 Å². The van der Waals surface area contributed by atoms with Crippen LogP contribution in [0, 0.1) is 0 Å². The maximum absolute atomic E-state index is 11.8. The first kappa shape index (κ1) is 13.9. The maximum atomic E-state index is 11.8. The van der Waals surface area contributed by atoms with Gasteiger partial charge in [0.25, 0.3) is 5.91 Å². The van der Waals surface area contributed by atoms with E-state index in [0.29, 0.717) is 20.7 Å². The molecule has 2 N–H and O–H groups in total. The second kappa shape index (κ2) is 5.60. The van der Waals surface area contributed by atoms with E-state index in [9.17, 15) is 4.79 Å². The first-order chi connectivity index (χ1) is 9.06. The zero-order valence-electron chi connectivity index (χ0n) is 10.4. The molecule has 0 radical (unpaired) electrons. The van der Waals surface area contributed by atoms with Crippen LogP contribution >= 0.6 is 24.0 Å². The molecule has 1 aliphatic rings. The molecular formula is C12H12N2O3S2. The Morgan fingerprint density at radius 2 is 2.11 bits per heavy atom. The first-order valence-electron chi connectivity index (χ1n) is 5.31. The molecule has 1 aromatic carbocycles. The van der Waals surface area contributed by atoms with Crippen molar-refractivity contribution in [3.05, 3.63) is 28.7 Å². The van der Waals surface area contributed by atoms with Gasteiger partial charge in [-0.1, -0.05) is 24.0 Å². The summed E-state index contributed by atoms with van der Waals surface area (Å²) >= 11 is 6.13. The summed E-state index contributed by atoms with van der Waals surface area (Å²) in [6, 6.07) is 5.34. The number of nitrogens with two attached hydrogens (primary N) is 1. The van der Waals surface area contributed by atoms with Crippen LogP contribution < -0.4 is 15.3 Å². The summed E-state index contributed by atoms with van der Waals surface area (Å²) in [5.41, 5.74) is 0.761. The molecule has 0 unspecified atom stereocenters. The van der Waals surface area contributed by atoms with Crippen LogP contribution in [0.25, 0.3) is 6.08 Å². The zero-order chi connectivity index (χ0) is 14.0. The summed E-state index contributed by atoms with van der Waals surface area (Å²) in [6.07, 6.45) is 1.70. The third-order valence-electron chi connectivity index (χ3n) is 2.55. The van der Waals surface area contributed by atoms with Crippen LogP contribution in [0.5, 0.6) is 11.5 Å². The molecule has 1 heterocycles. The van der Waals surface area contributed by atoms with Crippen LogP contribution in [-0.4, -0.2) is 29.5 Å². The number of carbonyl (C=O) groups is 1. The van der Waals surface area contributed by atoms with Crippen LogP contribution in [0.1, 0.15) is 5.56 Å². The molecule has 0 bridgehead atoms. The topological polar surface area (TPSA) is 64.8 Å². The van der Waals surface area contributed by atoms with Gasteiger partial charge in [-0.25, -0.2) is 10.9 Å². The van der Waals surface area contributed by atoms with Crippen molar-refractivity contribution in [1.82, 2.24) is 5.01 Å². The van der Waals surface area contributed by atoms with Crippen LogP contribution in [0.3, 0.4) is 0 Å². The van der Waals surface area contributed by atoms with Crippen LogP contribution in [0.4, 0.5) is 0 Å². The molecule has 1 amide bonds. The second-order valence-corrected chi connectivity index (χ2v) is 5.34. The first-order valence-corrected chi connectivity index (χ1v) is 6.54. The summed E-state index contributed by atoms with van der Waals surface area (Å²) in [7, 11) is 3.13. The molecular weight excluding hydrogens is 284 g/mol. The maximum Gasteiger partial charge on any atom is 0.280 e. The fraction of sp³-hybridized carbons (Fsp3) is 0.167. The molecule has 5 nitrogen and oxygen atoms in total. The van der Waals surface area contributed by atoms with Crippen molar-refractivity contribution in [2.75, 3.05) is 14.2 Å². The Labute approximate surface area is 120 Å². The molecule has 1 saturated heterocycles. The van der Waals surface area contributed by atoms with E-state index < -0.39 is 0 Å². The zero-order valence-corrected chi connectivity index (χ0v) is 12.0. The van der Waals surface area contributed by atoms with Gasteiger partial charge in [-0.3, -0.25) is 4.79 Å². The number of thioether (sulfide) groups is 1. The number of benzene rings is 1. The number of thiocarbonyl (C=S) groups is 1. The fourth-order valence-electron chi connectivity index (χ4n) is 1.56. The van der Waals surface area contributed by atoms with Gasteiger partial charge in [0.1, 0.15) is 11.5 Å². The number of methoxy groups -OCH3 is 2. The molecule has 1 aromatic rings. The molecule has 7 heteroatoms. The molecule has 19 heavy (non-hydrogen) atoms. The predicted octanol–water partition coefficient (Wildman–Crippen LogP) is 1.78. The lowest BCUT2D eigenvalue weighted by Crippen LogP contribution is -2.34. The molecule has 2 rings (SSSR count). The van der Waals surface area contributed by atoms with Gasteiger partial charge in [0.2, 0.25) is 0 Å². The number of amides is 1. The van der Waals surface area contributed by atoms with E-state index >= 15 is 0 Å². The Balaban J connectivity index is 2.38. The van der Waals surface area contributed by atoms with E-state index in [2.05, 4.69) is 0 Å². The van der Waals surface area contributed by atoms with E-state index in [4.69, 9.17) is 27.5 Å². The van der Waals surface area contributed by atoms with Crippen molar-refractivity contribution in [3.8, 4) is 11.5 Å². The van der Waals surface area contributed by atoms with E-state index in [1.165, 1.54) is 0 Å². The molecule has 0 aromatic heterocycles. The third kappa shape index (κ3) is 2.73. The van der Waals surface area contributed by atoms with E-state index in [1.807, 2.05) is 0 Å². The molecule has 100 valence electrons. The summed E-state index contributed by atoms with van der Waals surface area (Å²) in [4.78, 5) is 12.3. The van der Waals surface area contributed by atoms with Gasteiger partial charge in [-0.2, -0.15) is 0 Å². The van der Waals surface area contributed by atoms with Crippen molar-refractivity contribution in [2.45, 2.75) is 0 Å². The van der Waals surface area contributed by atoms with Gasteiger partial charge in [0.15, 0.2) is 4.32 Å². The predicted molar refractivity (Wildman–Crippen MR) is 78.7 cm³/mol. The SMILES string of the molecule is COc1ccc(/C=C2\SC(=S)N(N)C2=O)c(OC)c1. The Hall–Kier alpha value is -1.57.